The maximum absolute atomic E-state index is 12.4. The smallest absolute Gasteiger partial charge is 0.337 e. The van der Waals surface area contributed by atoms with Crippen molar-refractivity contribution >= 4 is 11.9 Å². The first-order chi connectivity index (χ1) is 12.6. The Labute approximate surface area is 160 Å². The third-order valence-electron chi connectivity index (χ3n) is 7.12. The molecule has 0 spiro atoms. The standard InChI is InChI=1S/C21H32O6/c1-5-6-7-8-16(23)27-14-11-13-18(24)26-12-21(13,25)20(4)15(22)9-10-19(2,3)17(14)20/h11,14-15,17,22,25H,5-10,12H2,1-4H3/t14-,15+,17+,20-,21-/m1/s1. The molecule has 2 fully saturated rings. The van der Waals surface area contributed by atoms with Gasteiger partial charge in [0.15, 0.2) is 0 Å². The van der Waals surface area contributed by atoms with Gasteiger partial charge in [-0.3, -0.25) is 4.79 Å². The van der Waals surface area contributed by atoms with Gasteiger partial charge in [0.2, 0.25) is 0 Å². The van der Waals surface area contributed by atoms with E-state index in [9.17, 15) is 19.8 Å². The molecule has 0 unspecified atom stereocenters. The van der Waals surface area contributed by atoms with Gasteiger partial charge in [0.25, 0.3) is 0 Å². The zero-order chi connectivity index (χ0) is 20.0. The second-order valence-corrected chi connectivity index (χ2v) is 9.23. The van der Waals surface area contributed by atoms with E-state index < -0.39 is 29.2 Å². The molecule has 0 radical (unpaired) electrons. The minimum absolute atomic E-state index is 0.115. The molecule has 3 aliphatic rings. The molecule has 152 valence electrons. The average Bonchev–Trinajstić information content (AvgIpc) is 2.88. The summed E-state index contributed by atoms with van der Waals surface area (Å²) < 4.78 is 11.0. The maximum Gasteiger partial charge on any atom is 0.337 e. The highest BCUT2D eigenvalue weighted by Gasteiger charge is 2.70. The Balaban J connectivity index is 2.00. The summed E-state index contributed by atoms with van der Waals surface area (Å²) in [6, 6.07) is 0. The molecule has 5 atom stereocenters. The summed E-state index contributed by atoms with van der Waals surface area (Å²) in [6.45, 7) is 7.84. The quantitative estimate of drug-likeness (QED) is 0.562. The van der Waals surface area contributed by atoms with Crippen molar-refractivity contribution in [2.75, 3.05) is 6.61 Å². The fraction of sp³-hybridized carbons (Fsp3) is 0.810. The van der Waals surface area contributed by atoms with Crippen LogP contribution < -0.4 is 0 Å². The maximum atomic E-state index is 12.4. The Morgan fingerprint density at radius 2 is 2.04 bits per heavy atom. The van der Waals surface area contributed by atoms with Gasteiger partial charge < -0.3 is 19.7 Å². The number of rotatable bonds is 5. The molecule has 0 aromatic heterocycles. The SMILES string of the molecule is CCCCCC(=O)O[C@@H]1C=C2C(=O)OC[C@]2(O)[C@]2(C)[C@@H](O)CCC(C)(C)[C@H]12. The normalized spacial score (nSPS) is 39.9. The summed E-state index contributed by atoms with van der Waals surface area (Å²) >= 11 is 0. The van der Waals surface area contributed by atoms with Crippen LogP contribution in [-0.2, 0) is 19.1 Å². The predicted octanol–water partition coefficient (Wildman–Crippen LogP) is 2.51. The topological polar surface area (TPSA) is 93.1 Å². The van der Waals surface area contributed by atoms with Gasteiger partial charge in [-0.15, -0.1) is 0 Å². The van der Waals surface area contributed by atoms with Gasteiger partial charge in [-0.25, -0.2) is 4.79 Å². The molecule has 6 nitrogen and oxygen atoms in total. The summed E-state index contributed by atoms with van der Waals surface area (Å²) in [6.07, 6.45) is 4.40. The van der Waals surface area contributed by atoms with Crippen molar-refractivity contribution < 1.29 is 29.3 Å². The first kappa shape index (κ1) is 20.3. The predicted molar refractivity (Wildman–Crippen MR) is 98.6 cm³/mol. The summed E-state index contributed by atoms with van der Waals surface area (Å²) in [5.74, 6) is -1.23. The lowest BCUT2D eigenvalue weighted by molar-refractivity contribution is -0.226. The van der Waals surface area contributed by atoms with Crippen molar-refractivity contribution in [3.05, 3.63) is 11.6 Å². The van der Waals surface area contributed by atoms with Gasteiger partial charge >= 0.3 is 11.9 Å². The van der Waals surface area contributed by atoms with Crippen molar-refractivity contribution in [2.24, 2.45) is 16.7 Å². The van der Waals surface area contributed by atoms with Gasteiger partial charge in [0, 0.05) is 17.8 Å². The number of unbranched alkanes of at least 4 members (excludes halogenated alkanes) is 2. The molecule has 0 aromatic rings. The highest BCUT2D eigenvalue weighted by molar-refractivity contribution is 5.94. The summed E-state index contributed by atoms with van der Waals surface area (Å²) in [4.78, 5) is 24.7. The Morgan fingerprint density at radius 3 is 2.70 bits per heavy atom. The summed E-state index contributed by atoms with van der Waals surface area (Å²) in [5, 5.41) is 22.4. The van der Waals surface area contributed by atoms with E-state index in [1.54, 1.807) is 13.0 Å². The summed E-state index contributed by atoms with van der Waals surface area (Å²) in [7, 11) is 0. The van der Waals surface area contributed by atoms with Crippen LogP contribution in [0.15, 0.2) is 11.6 Å². The Hall–Kier alpha value is -1.40. The van der Waals surface area contributed by atoms with Gasteiger partial charge in [0.05, 0.1) is 11.7 Å². The van der Waals surface area contributed by atoms with Crippen molar-refractivity contribution in [1.29, 1.82) is 0 Å². The number of cyclic esters (lactones) is 1. The summed E-state index contributed by atoms with van der Waals surface area (Å²) in [5.41, 5.74) is -2.79. The van der Waals surface area contributed by atoms with Crippen molar-refractivity contribution in [3.63, 3.8) is 0 Å². The largest absolute Gasteiger partial charge is 0.459 e. The van der Waals surface area contributed by atoms with Crippen LogP contribution in [0, 0.1) is 16.7 Å². The number of carbonyl (C=O) groups excluding carboxylic acids is 2. The fourth-order valence-corrected chi connectivity index (χ4v) is 5.54. The second kappa shape index (κ2) is 6.89. The van der Waals surface area contributed by atoms with E-state index in [1.165, 1.54) is 0 Å². The van der Waals surface area contributed by atoms with Crippen LogP contribution in [0.2, 0.25) is 0 Å². The minimum atomic E-state index is -1.57. The molecule has 3 rings (SSSR count). The average molecular weight is 380 g/mol. The lowest BCUT2D eigenvalue weighted by Crippen LogP contribution is -2.68. The van der Waals surface area contributed by atoms with Gasteiger partial charge in [-0.2, -0.15) is 0 Å². The van der Waals surface area contributed by atoms with E-state index in [-0.39, 0.29) is 29.5 Å². The van der Waals surface area contributed by atoms with E-state index >= 15 is 0 Å². The molecule has 27 heavy (non-hydrogen) atoms. The Kier molecular flexibility index (Phi) is 5.19. The molecule has 1 saturated carbocycles. The molecular weight excluding hydrogens is 348 g/mol. The third-order valence-corrected chi connectivity index (χ3v) is 7.12. The van der Waals surface area contributed by atoms with E-state index in [1.807, 2.05) is 0 Å². The first-order valence-corrected chi connectivity index (χ1v) is 10.1. The molecule has 1 aliphatic heterocycles. The van der Waals surface area contributed by atoms with E-state index in [0.29, 0.717) is 12.8 Å². The monoisotopic (exact) mass is 380 g/mol. The van der Waals surface area contributed by atoms with E-state index in [0.717, 1.165) is 25.7 Å². The molecule has 0 amide bonds. The van der Waals surface area contributed by atoms with Crippen LogP contribution in [0.4, 0.5) is 0 Å². The number of fused-ring (bicyclic) bond motifs is 3. The third kappa shape index (κ3) is 3.01. The first-order valence-electron chi connectivity index (χ1n) is 10.1. The van der Waals surface area contributed by atoms with Crippen LogP contribution in [0.1, 0.15) is 66.2 Å². The molecule has 2 N–H and O–H groups in total. The van der Waals surface area contributed by atoms with Gasteiger partial charge in [-0.1, -0.05) is 40.5 Å². The lowest BCUT2D eigenvalue weighted by Gasteiger charge is -2.61. The number of ether oxygens (including phenoxy) is 2. The van der Waals surface area contributed by atoms with E-state index in [4.69, 9.17) is 9.47 Å². The number of aliphatic hydroxyl groups excluding tert-OH is 1. The van der Waals surface area contributed by atoms with Crippen LogP contribution in [-0.4, -0.2) is 46.6 Å². The molecule has 6 heteroatoms. The number of hydrogen-bond acceptors (Lipinski definition) is 6. The highest BCUT2D eigenvalue weighted by Crippen LogP contribution is 2.62. The van der Waals surface area contributed by atoms with Gasteiger partial charge in [0.1, 0.15) is 18.3 Å². The molecule has 1 saturated heterocycles. The number of aliphatic hydroxyl groups is 2. The Bertz CT molecular complexity index is 653. The fourth-order valence-electron chi connectivity index (χ4n) is 5.54. The van der Waals surface area contributed by atoms with Crippen molar-refractivity contribution in [3.8, 4) is 0 Å². The van der Waals surface area contributed by atoms with Crippen LogP contribution >= 0.6 is 0 Å². The van der Waals surface area contributed by atoms with Gasteiger partial charge in [-0.05, 0) is 30.8 Å². The number of esters is 2. The zero-order valence-corrected chi connectivity index (χ0v) is 16.8. The lowest BCUT2D eigenvalue weighted by atomic mass is 9.45. The van der Waals surface area contributed by atoms with Crippen LogP contribution in [0.5, 0.6) is 0 Å². The molecule has 1 heterocycles. The van der Waals surface area contributed by atoms with Crippen LogP contribution in [0.3, 0.4) is 0 Å². The Morgan fingerprint density at radius 1 is 1.33 bits per heavy atom. The van der Waals surface area contributed by atoms with Crippen molar-refractivity contribution in [1.82, 2.24) is 0 Å². The molecule has 0 bridgehead atoms. The number of carbonyl (C=O) groups is 2. The van der Waals surface area contributed by atoms with Crippen LogP contribution in [0.25, 0.3) is 0 Å². The van der Waals surface area contributed by atoms with E-state index in [2.05, 4.69) is 20.8 Å². The highest BCUT2D eigenvalue weighted by atomic mass is 16.6. The second-order valence-electron chi connectivity index (χ2n) is 9.23. The number of hydrogen-bond donors (Lipinski definition) is 2. The molecular formula is C21H32O6. The molecule has 2 aliphatic carbocycles. The minimum Gasteiger partial charge on any atom is -0.459 e. The van der Waals surface area contributed by atoms with Crippen molar-refractivity contribution in [2.45, 2.75) is 84.0 Å². The zero-order valence-electron chi connectivity index (χ0n) is 16.8. The molecule has 0 aromatic carbocycles.